The van der Waals surface area contributed by atoms with Gasteiger partial charge in [0.2, 0.25) is 0 Å². The van der Waals surface area contributed by atoms with Crippen LogP contribution in [0.4, 0.5) is 5.69 Å². The highest BCUT2D eigenvalue weighted by Gasteiger charge is 2.19. The smallest absolute Gasteiger partial charge is 0.259 e. The zero-order valence-corrected chi connectivity index (χ0v) is 17.1. The largest absolute Gasteiger partial charge is 0.378 e. The summed E-state index contributed by atoms with van der Waals surface area (Å²) in [5, 5.41) is 1.26. The number of hydrogen-bond donors (Lipinski definition) is 2. The molecule has 0 bridgehead atoms. The summed E-state index contributed by atoms with van der Waals surface area (Å²) in [7, 11) is 0. The Morgan fingerprint density at radius 3 is 2.93 bits per heavy atom. The molecule has 3 N–H and O–H groups in total. The second kappa shape index (κ2) is 7.48. The van der Waals surface area contributed by atoms with Crippen molar-refractivity contribution < 1.29 is 0 Å². The van der Waals surface area contributed by atoms with Crippen LogP contribution in [0, 0.1) is 13.8 Å². The Kier molecular flexibility index (Phi) is 5.06. The standard InChI is InChI=1S/C20H22N4OS2/c1-11-7-8-13(9-12(11)2)22-20(21)26-10-16-23-18(25)17-14-5-3-4-6-15(14)27-19(17)24-16/h7-9H,3-6,10H2,1-2H3,(H2,21,22)(H,23,24,25). The third kappa shape index (κ3) is 3.80. The molecule has 140 valence electrons. The molecule has 5 nitrogen and oxygen atoms in total. The fourth-order valence-electron chi connectivity index (χ4n) is 3.37. The Labute approximate surface area is 166 Å². The van der Waals surface area contributed by atoms with E-state index >= 15 is 0 Å². The van der Waals surface area contributed by atoms with Gasteiger partial charge < -0.3 is 10.7 Å². The number of aryl methyl sites for hydroxylation is 4. The first-order chi connectivity index (χ1) is 13.0. The Hall–Kier alpha value is -2.12. The molecule has 0 amide bonds. The van der Waals surface area contributed by atoms with E-state index in [-0.39, 0.29) is 5.56 Å². The van der Waals surface area contributed by atoms with Crippen LogP contribution in [0.15, 0.2) is 28.0 Å². The van der Waals surface area contributed by atoms with Gasteiger partial charge in [0.1, 0.15) is 10.7 Å². The lowest BCUT2D eigenvalue weighted by atomic mass is 9.97. The van der Waals surface area contributed by atoms with Gasteiger partial charge in [-0.15, -0.1) is 11.3 Å². The number of nitrogens with one attached hydrogen (secondary N) is 1. The molecule has 4 rings (SSSR count). The Bertz CT molecular complexity index is 1100. The summed E-state index contributed by atoms with van der Waals surface area (Å²) >= 11 is 3.05. The summed E-state index contributed by atoms with van der Waals surface area (Å²) < 4.78 is 0. The molecule has 0 saturated heterocycles. The molecule has 2 aromatic heterocycles. The van der Waals surface area contributed by atoms with Crippen molar-refractivity contribution >= 4 is 44.2 Å². The van der Waals surface area contributed by atoms with Gasteiger partial charge in [-0.3, -0.25) is 4.79 Å². The molecule has 0 fully saturated rings. The number of rotatable bonds is 3. The van der Waals surface area contributed by atoms with Crippen LogP contribution in [-0.4, -0.2) is 15.1 Å². The molecule has 3 aromatic rings. The number of aromatic amines is 1. The number of H-pyrrole nitrogens is 1. The summed E-state index contributed by atoms with van der Waals surface area (Å²) in [5.41, 5.74) is 10.5. The molecule has 0 unspecified atom stereocenters. The van der Waals surface area contributed by atoms with Crippen molar-refractivity contribution in [3.05, 3.63) is 55.9 Å². The quantitative estimate of drug-likeness (QED) is 0.507. The van der Waals surface area contributed by atoms with E-state index < -0.39 is 0 Å². The van der Waals surface area contributed by atoms with E-state index in [4.69, 9.17) is 5.73 Å². The van der Waals surface area contributed by atoms with Crippen molar-refractivity contribution in [3.63, 3.8) is 0 Å². The number of thioether (sulfide) groups is 1. The van der Waals surface area contributed by atoms with Crippen LogP contribution in [0.3, 0.4) is 0 Å². The van der Waals surface area contributed by atoms with Crippen molar-refractivity contribution in [2.24, 2.45) is 10.7 Å². The monoisotopic (exact) mass is 398 g/mol. The first-order valence-corrected chi connectivity index (χ1v) is 10.9. The van der Waals surface area contributed by atoms with Crippen LogP contribution < -0.4 is 11.3 Å². The third-order valence-electron chi connectivity index (χ3n) is 4.96. The summed E-state index contributed by atoms with van der Waals surface area (Å²) in [6, 6.07) is 6.01. The van der Waals surface area contributed by atoms with Crippen molar-refractivity contribution in [2.45, 2.75) is 45.3 Å². The molecule has 0 aliphatic heterocycles. The molecule has 1 aromatic carbocycles. The van der Waals surface area contributed by atoms with Gasteiger partial charge in [0.15, 0.2) is 5.17 Å². The number of aromatic nitrogens is 2. The van der Waals surface area contributed by atoms with Gasteiger partial charge in [-0.05, 0) is 68.4 Å². The average Bonchev–Trinajstić information content (AvgIpc) is 3.02. The minimum Gasteiger partial charge on any atom is -0.378 e. The minimum atomic E-state index is -0.0281. The highest BCUT2D eigenvalue weighted by molar-refractivity contribution is 8.13. The molecule has 0 atom stereocenters. The topological polar surface area (TPSA) is 84.1 Å². The van der Waals surface area contributed by atoms with E-state index in [2.05, 4.69) is 28.8 Å². The summed E-state index contributed by atoms with van der Waals surface area (Å²) in [5.74, 6) is 1.14. The summed E-state index contributed by atoms with van der Waals surface area (Å²) in [6.45, 7) is 4.13. The van der Waals surface area contributed by atoms with E-state index in [0.717, 1.165) is 35.2 Å². The Balaban J connectivity index is 1.54. The number of hydrogen-bond acceptors (Lipinski definition) is 5. The van der Waals surface area contributed by atoms with Gasteiger partial charge in [0, 0.05) is 4.88 Å². The number of amidine groups is 1. The molecular formula is C20H22N4OS2. The lowest BCUT2D eigenvalue weighted by molar-refractivity contribution is 0.700. The Morgan fingerprint density at radius 2 is 2.11 bits per heavy atom. The lowest BCUT2D eigenvalue weighted by Gasteiger charge is -2.09. The molecule has 0 spiro atoms. The maximum atomic E-state index is 12.6. The zero-order valence-electron chi connectivity index (χ0n) is 15.5. The minimum absolute atomic E-state index is 0.0281. The predicted octanol–water partition coefficient (Wildman–Crippen LogP) is 4.36. The predicted molar refractivity (Wildman–Crippen MR) is 115 cm³/mol. The summed E-state index contributed by atoms with van der Waals surface area (Å²) in [6.07, 6.45) is 4.41. The maximum Gasteiger partial charge on any atom is 0.259 e. The van der Waals surface area contributed by atoms with Gasteiger partial charge in [0.25, 0.3) is 5.56 Å². The second-order valence-electron chi connectivity index (χ2n) is 6.91. The SMILES string of the molecule is Cc1ccc(N=C(N)SCc2nc3sc4c(c3c(=O)[nH]2)CCCC4)cc1C. The van der Waals surface area contributed by atoms with E-state index in [1.165, 1.54) is 39.8 Å². The molecule has 7 heteroatoms. The van der Waals surface area contributed by atoms with E-state index in [9.17, 15) is 4.79 Å². The van der Waals surface area contributed by atoms with Gasteiger partial charge in [-0.25, -0.2) is 9.98 Å². The number of benzene rings is 1. The van der Waals surface area contributed by atoms with Gasteiger partial charge in [-0.1, -0.05) is 17.8 Å². The third-order valence-corrected chi connectivity index (χ3v) is 6.95. The van der Waals surface area contributed by atoms with E-state index in [1.807, 2.05) is 18.2 Å². The van der Waals surface area contributed by atoms with Crippen LogP contribution in [0.5, 0.6) is 0 Å². The van der Waals surface area contributed by atoms with Crippen molar-refractivity contribution in [2.75, 3.05) is 0 Å². The number of nitrogens with two attached hydrogens (primary N) is 1. The van der Waals surface area contributed by atoms with Gasteiger partial charge >= 0.3 is 0 Å². The normalized spacial score (nSPS) is 14.5. The van der Waals surface area contributed by atoms with Gasteiger partial charge in [-0.2, -0.15) is 0 Å². The molecule has 1 aliphatic carbocycles. The Morgan fingerprint density at radius 1 is 1.30 bits per heavy atom. The summed E-state index contributed by atoms with van der Waals surface area (Å²) in [4.78, 5) is 26.8. The number of fused-ring (bicyclic) bond motifs is 3. The van der Waals surface area contributed by atoms with Crippen LogP contribution in [0.25, 0.3) is 10.2 Å². The van der Waals surface area contributed by atoms with Crippen LogP contribution >= 0.6 is 23.1 Å². The van der Waals surface area contributed by atoms with E-state index in [0.29, 0.717) is 16.7 Å². The maximum absolute atomic E-state index is 12.6. The molecule has 0 saturated carbocycles. The highest BCUT2D eigenvalue weighted by Crippen LogP contribution is 2.33. The van der Waals surface area contributed by atoms with Crippen LogP contribution in [0.2, 0.25) is 0 Å². The average molecular weight is 399 g/mol. The van der Waals surface area contributed by atoms with Crippen molar-refractivity contribution in [3.8, 4) is 0 Å². The van der Waals surface area contributed by atoms with Crippen molar-refractivity contribution in [1.29, 1.82) is 0 Å². The molecule has 2 heterocycles. The fourth-order valence-corrected chi connectivity index (χ4v) is 5.25. The fraction of sp³-hybridized carbons (Fsp3) is 0.350. The van der Waals surface area contributed by atoms with Crippen LogP contribution in [-0.2, 0) is 18.6 Å². The lowest BCUT2D eigenvalue weighted by Crippen LogP contribution is -2.14. The van der Waals surface area contributed by atoms with Gasteiger partial charge in [0.05, 0.1) is 16.8 Å². The highest BCUT2D eigenvalue weighted by atomic mass is 32.2. The van der Waals surface area contributed by atoms with Crippen molar-refractivity contribution in [1.82, 2.24) is 9.97 Å². The number of aliphatic imine (C=N–C) groups is 1. The first-order valence-electron chi connectivity index (χ1n) is 9.09. The molecule has 27 heavy (non-hydrogen) atoms. The molecule has 0 radical (unpaired) electrons. The number of thiophene rings is 1. The van der Waals surface area contributed by atoms with Crippen LogP contribution in [0.1, 0.15) is 40.2 Å². The second-order valence-corrected chi connectivity index (χ2v) is 8.99. The molecule has 1 aliphatic rings. The first kappa shape index (κ1) is 18.3. The van der Waals surface area contributed by atoms with E-state index in [1.54, 1.807) is 11.3 Å². The zero-order chi connectivity index (χ0) is 19.0. The number of nitrogens with zero attached hydrogens (tertiary/aromatic N) is 2. The molecular weight excluding hydrogens is 376 g/mol.